The minimum absolute atomic E-state index is 0.193. The highest BCUT2D eigenvalue weighted by Gasteiger charge is 2.28. The number of hydrogen-bond donors (Lipinski definition) is 1. The maximum Gasteiger partial charge on any atom is 0.228 e. The molecule has 0 bridgehead atoms. The molecular formula is C14H17NOS. The topological polar surface area (TPSA) is 20.3 Å². The van der Waals surface area contributed by atoms with Gasteiger partial charge in [-0.2, -0.15) is 12.6 Å². The number of anilines is 1. The van der Waals surface area contributed by atoms with Gasteiger partial charge in [-0.3, -0.25) is 4.79 Å². The van der Waals surface area contributed by atoms with Crippen LogP contribution in [0.3, 0.4) is 0 Å². The Balaban J connectivity index is 1.91. The molecule has 2 nitrogen and oxygen atoms in total. The van der Waals surface area contributed by atoms with Crippen LogP contribution in [0.5, 0.6) is 0 Å². The Labute approximate surface area is 107 Å². The van der Waals surface area contributed by atoms with Gasteiger partial charge in [0, 0.05) is 23.9 Å². The zero-order chi connectivity index (χ0) is 11.8. The molecule has 90 valence electrons. The highest BCUT2D eigenvalue weighted by molar-refractivity contribution is 7.81. The van der Waals surface area contributed by atoms with E-state index in [9.17, 15) is 4.79 Å². The summed E-state index contributed by atoms with van der Waals surface area (Å²) in [6, 6.07) is 6.50. The number of hydrogen-bond acceptors (Lipinski definition) is 2. The Morgan fingerprint density at radius 3 is 2.65 bits per heavy atom. The fraction of sp³-hybridized carbons (Fsp3) is 0.500. The smallest absolute Gasteiger partial charge is 0.228 e. The first-order valence-electron chi connectivity index (χ1n) is 6.34. The van der Waals surface area contributed by atoms with E-state index >= 15 is 0 Å². The highest BCUT2D eigenvalue weighted by Crippen LogP contribution is 2.29. The van der Waals surface area contributed by atoms with Gasteiger partial charge in [-0.15, -0.1) is 0 Å². The third-order valence-electron chi connectivity index (χ3n) is 3.75. The van der Waals surface area contributed by atoms with Crippen molar-refractivity contribution in [2.24, 2.45) is 0 Å². The highest BCUT2D eigenvalue weighted by atomic mass is 32.1. The minimum atomic E-state index is 0.193. The van der Waals surface area contributed by atoms with Gasteiger partial charge in [0.2, 0.25) is 5.91 Å². The summed E-state index contributed by atoms with van der Waals surface area (Å²) in [5.41, 5.74) is 3.96. The van der Waals surface area contributed by atoms with Gasteiger partial charge >= 0.3 is 0 Å². The van der Waals surface area contributed by atoms with E-state index < -0.39 is 0 Å². The molecular weight excluding hydrogens is 230 g/mol. The Morgan fingerprint density at radius 1 is 1.18 bits per heavy atom. The second-order valence-corrected chi connectivity index (χ2v) is 5.75. The zero-order valence-electron chi connectivity index (χ0n) is 9.85. The van der Waals surface area contributed by atoms with Crippen molar-refractivity contribution in [2.75, 3.05) is 11.4 Å². The van der Waals surface area contributed by atoms with Gasteiger partial charge in [-0.05, 0) is 48.9 Å². The van der Waals surface area contributed by atoms with Gasteiger partial charge in [-0.1, -0.05) is 6.07 Å². The van der Waals surface area contributed by atoms with Crippen molar-refractivity contribution in [3.63, 3.8) is 0 Å². The number of fused-ring (bicyclic) bond motifs is 1. The van der Waals surface area contributed by atoms with Gasteiger partial charge in [0.05, 0.1) is 0 Å². The molecule has 1 heterocycles. The van der Waals surface area contributed by atoms with Crippen molar-refractivity contribution in [1.82, 2.24) is 0 Å². The number of rotatable bonds is 1. The van der Waals surface area contributed by atoms with Crippen molar-refractivity contribution >= 4 is 24.2 Å². The minimum Gasteiger partial charge on any atom is -0.311 e. The third-order valence-corrected chi connectivity index (χ3v) is 4.09. The lowest BCUT2D eigenvalue weighted by molar-refractivity contribution is -0.117. The van der Waals surface area contributed by atoms with E-state index in [0.717, 1.165) is 18.7 Å². The Morgan fingerprint density at radius 2 is 1.94 bits per heavy atom. The van der Waals surface area contributed by atoms with Crippen LogP contribution in [-0.4, -0.2) is 17.7 Å². The van der Waals surface area contributed by atoms with Crippen molar-refractivity contribution < 1.29 is 4.79 Å². The van der Waals surface area contributed by atoms with Crippen molar-refractivity contribution in [2.45, 2.75) is 37.4 Å². The molecule has 1 saturated heterocycles. The van der Waals surface area contributed by atoms with E-state index in [1.54, 1.807) is 0 Å². The molecule has 1 aromatic rings. The first-order chi connectivity index (χ1) is 8.24. The molecule has 0 N–H and O–H groups in total. The summed E-state index contributed by atoms with van der Waals surface area (Å²) in [4.78, 5) is 13.7. The first-order valence-corrected chi connectivity index (χ1v) is 6.86. The summed E-state index contributed by atoms with van der Waals surface area (Å²) in [7, 11) is 0. The normalized spacial score (nSPS) is 23.9. The van der Waals surface area contributed by atoms with E-state index in [4.69, 9.17) is 0 Å². The summed E-state index contributed by atoms with van der Waals surface area (Å²) in [5, 5.41) is 0.193. The average molecular weight is 247 g/mol. The van der Waals surface area contributed by atoms with Crippen LogP contribution in [0.4, 0.5) is 5.69 Å². The van der Waals surface area contributed by atoms with Crippen LogP contribution in [0.2, 0.25) is 0 Å². The van der Waals surface area contributed by atoms with Crippen molar-refractivity contribution in [3.05, 3.63) is 29.3 Å². The molecule has 1 aliphatic carbocycles. The molecule has 3 heteroatoms. The lowest BCUT2D eigenvalue weighted by Gasteiger charge is -2.21. The number of aryl methyl sites for hydroxylation is 2. The van der Waals surface area contributed by atoms with E-state index in [2.05, 4.69) is 30.8 Å². The average Bonchev–Trinajstić information content (AvgIpc) is 2.68. The van der Waals surface area contributed by atoms with Crippen LogP contribution in [0.15, 0.2) is 18.2 Å². The summed E-state index contributed by atoms with van der Waals surface area (Å²) in [5.74, 6) is 0.209. The number of carbonyl (C=O) groups excluding carboxylic acids is 1. The fourth-order valence-electron chi connectivity index (χ4n) is 2.83. The third kappa shape index (κ3) is 2.08. The molecule has 0 spiro atoms. The number of thiol groups is 1. The molecule has 1 amide bonds. The molecule has 2 aliphatic rings. The van der Waals surface area contributed by atoms with Gasteiger partial charge in [0.25, 0.3) is 0 Å². The standard InChI is InChI=1S/C14H17NOS/c16-14-8-13(17)9-15(14)12-6-5-10-3-1-2-4-11(10)7-12/h5-7,13,17H,1-4,8-9H2. The zero-order valence-corrected chi connectivity index (χ0v) is 10.7. The van der Waals surface area contributed by atoms with Crippen molar-refractivity contribution in [1.29, 1.82) is 0 Å². The van der Waals surface area contributed by atoms with Crippen LogP contribution in [0.25, 0.3) is 0 Å². The number of amides is 1. The monoisotopic (exact) mass is 247 g/mol. The van der Waals surface area contributed by atoms with Crippen molar-refractivity contribution in [3.8, 4) is 0 Å². The molecule has 1 atom stereocenters. The molecule has 1 unspecified atom stereocenters. The van der Waals surface area contributed by atoms with Gasteiger partial charge in [0.1, 0.15) is 0 Å². The summed E-state index contributed by atoms with van der Waals surface area (Å²) in [6.45, 7) is 0.751. The van der Waals surface area contributed by atoms with Crippen LogP contribution >= 0.6 is 12.6 Å². The predicted molar refractivity (Wildman–Crippen MR) is 72.8 cm³/mol. The maximum atomic E-state index is 11.8. The van der Waals surface area contributed by atoms with Crippen LogP contribution in [0.1, 0.15) is 30.4 Å². The Bertz CT molecular complexity index is 458. The lowest BCUT2D eigenvalue weighted by Crippen LogP contribution is -2.24. The first kappa shape index (κ1) is 11.1. The van der Waals surface area contributed by atoms with Gasteiger partial charge in [-0.25, -0.2) is 0 Å². The molecule has 0 aromatic heterocycles. The fourth-order valence-corrected chi connectivity index (χ4v) is 3.15. The molecule has 17 heavy (non-hydrogen) atoms. The Kier molecular flexibility index (Phi) is 2.87. The molecule has 1 aromatic carbocycles. The number of carbonyl (C=O) groups is 1. The number of nitrogens with zero attached hydrogens (tertiary/aromatic N) is 1. The van der Waals surface area contributed by atoms with E-state index in [0.29, 0.717) is 6.42 Å². The summed E-state index contributed by atoms with van der Waals surface area (Å²) < 4.78 is 0. The summed E-state index contributed by atoms with van der Waals surface area (Å²) in [6.07, 6.45) is 5.50. The second kappa shape index (κ2) is 4.37. The van der Waals surface area contributed by atoms with E-state index in [1.165, 1.54) is 30.4 Å². The van der Waals surface area contributed by atoms with Gasteiger partial charge in [0.15, 0.2) is 0 Å². The van der Waals surface area contributed by atoms with Crippen LogP contribution in [0, 0.1) is 0 Å². The lowest BCUT2D eigenvalue weighted by atomic mass is 9.91. The van der Waals surface area contributed by atoms with E-state index in [1.807, 2.05) is 4.90 Å². The molecule has 3 rings (SSSR count). The van der Waals surface area contributed by atoms with Crippen LogP contribution < -0.4 is 4.90 Å². The SMILES string of the molecule is O=C1CC(S)CN1c1ccc2c(c1)CCCC2. The molecule has 1 fully saturated rings. The maximum absolute atomic E-state index is 11.8. The second-order valence-electron chi connectivity index (χ2n) is 5.02. The van der Waals surface area contributed by atoms with Crippen LogP contribution in [-0.2, 0) is 17.6 Å². The predicted octanol–water partition coefficient (Wildman–Crippen LogP) is 2.60. The summed E-state index contributed by atoms with van der Waals surface area (Å²) >= 11 is 4.40. The molecule has 0 radical (unpaired) electrons. The molecule has 1 aliphatic heterocycles. The molecule has 0 saturated carbocycles. The number of benzene rings is 1. The quantitative estimate of drug-likeness (QED) is 0.756. The largest absolute Gasteiger partial charge is 0.311 e. The Hall–Kier alpha value is -0.960. The van der Waals surface area contributed by atoms with Gasteiger partial charge < -0.3 is 4.90 Å². The van der Waals surface area contributed by atoms with E-state index in [-0.39, 0.29) is 11.2 Å².